The molecular weight excluding hydrogens is 395 g/mol. The number of hydrogen-bond acceptors (Lipinski definition) is 5. The van der Waals surface area contributed by atoms with Gasteiger partial charge in [-0.25, -0.2) is 4.98 Å². The van der Waals surface area contributed by atoms with Gasteiger partial charge in [0.05, 0.1) is 4.92 Å². The van der Waals surface area contributed by atoms with Crippen LogP contribution in [0.1, 0.15) is 10.4 Å². The number of aromatic nitrogens is 2. The molecule has 0 aliphatic heterocycles. The highest BCUT2D eigenvalue weighted by Crippen LogP contribution is 2.28. The lowest BCUT2D eigenvalue weighted by atomic mass is 10.2. The third-order valence-electron chi connectivity index (χ3n) is 3.57. The number of nitrogens with zero attached hydrogens (tertiary/aromatic N) is 2. The van der Waals surface area contributed by atoms with Crippen LogP contribution in [0.15, 0.2) is 53.5 Å². The number of nitro groups is 1. The first-order chi connectivity index (χ1) is 12.8. The van der Waals surface area contributed by atoms with Crippen LogP contribution in [-0.4, -0.2) is 20.8 Å². The summed E-state index contributed by atoms with van der Waals surface area (Å²) < 4.78 is 0. The first-order valence-corrected chi connectivity index (χ1v) is 8.21. The number of rotatable bonds is 4. The maximum atomic E-state index is 12.3. The van der Waals surface area contributed by atoms with Crippen molar-refractivity contribution in [3.63, 3.8) is 0 Å². The van der Waals surface area contributed by atoms with E-state index < -0.39 is 22.1 Å². The van der Waals surface area contributed by atoms with E-state index in [2.05, 4.69) is 15.3 Å². The van der Waals surface area contributed by atoms with E-state index in [4.69, 9.17) is 23.2 Å². The molecule has 27 heavy (non-hydrogen) atoms. The van der Waals surface area contributed by atoms with Gasteiger partial charge >= 0.3 is 0 Å². The van der Waals surface area contributed by atoms with E-state index in [1.807, 2.05) is 0 Å². The van der Waals surface area contributed by atoms with Gasteiger partial charge in [0.2, 0.25) is 0 Å². The fourth-order valence-corrected chi connectivity index (χ4v) is 2.55. The van der Waals surface area contributed by atoms with Gasteiger partial charge in [0.25, 0.3) is 17.2 Å². The van der Waals surface area contributed by atoms with Crippen molar-refractivity contribution in [3.8, 4) is 11.4 Å². The molecule has 0 bridgehead atoms. The summed E-state index contributed by atoms with van der Waals surface area (Å²) in [6.07, 6.45) is 1.10. The van der Waals surface area contributed by atoms with Crippen LogP contribution in [-0.2, 0) is 0 Å². The lowest BCUT2D eigenvalue weighted by molar-refractivity contribution is -0.383. The molecule has 0 atom stereocenters. The maximum absolute atomic E-state index is 12.3. The van der Waals surface area contributed by atoms with Crippen molar-refractivity contribution in [1.29, 1.82) is 0 Å². The third-order valence-corrected chi connectivity index (χ3v) is 4.05. The van der Waals surface area contributed by atoms with Crippen molar-refractivity contribution in [2.75, 3.05) is 5.32 Å². The average molecular weight is 405 g/mol. The molecule has 136 valence electrons. The van der Waals surface area contributed by atoms with Gasteiger partial charge < -0.3 is 10.3 Å². The SMILES string of the molecule is O=C(Nc1ccc(Cl)cc1[N+](=O)[O-])c1cnc(-c2ccc(Cl)cc2)[nH]c1=O. The Bertz CT molecular complexity index is 1100. The predicted molar refractivity (Wildman–Crippen MR) is 101 cm³/mol. The van der Waals surface area contributed by atoms with Gasteiger partial charge in [-0.15, -0.1) is 0 Å². The van der Waals surface area contributed by atoms with Crippen molar-refractivity contribution in [1.82, 2.24) is 9.97 Å². The highest BCUT2D eigenvalue weighted by Gasteiger charge is 2.19. The molecule has 0 spiro atoms. The summed E-state index contributed by atoms with van der Waals surface area (Å²) in [5.74, 6) is -0.581. The van der Waals surface area contributed by atoms with Crippen LogP contribution < -0.4 is 10.9 Å². The number of aromatic amines is 1. The first-order valence-electron chi connectivity index (χ1n) is 7.45. The molecule has 1 aromatic heterocycles. The Morgan fingerprint density at radius 2 is 1.78 bits per heavy atom. The van der Waals surface area contributed by atoms with Crippen LogP contribution in [0.4, 0.5) is 11.4 Å². The minimum atomic E-state index is -0.836. The Balaban J connectivity index is 1.89. The number of amides is 1. The number of benzene rings is 2. The zero-order chi connectivity index (χ0) is 19.6. The van der Waals surface area contributed by atoms with Gasteiger partial charge in [-0.05, 0) is 36.4 Å². The lowest BCUT2D eigenvalue weighted by Gasteiger charge is -2.07. The van der Waals surface area contributed by atoms with Crippen molar-refractivity contribution < 1.29 is 9.72 Å². The maximum Gasteiger partial charge on any atom is 0.294 e. The van der Waals surface area contributed by atoms with Gasteiger partial charge in [0.15, 0.2) is 0 Å². The zero-order valence-electron chi connectivity index (χ0n) is 13.4. The topological polar surface area (TPSA) is 118 Å². The molecule has 1 heterocycles. The number of carbonyl (C=O) groups is 1. The van der Waals surface area contributed by atoms with E-state index in [1.165, 1.54) is 12.1 Å². The largest absolute Gasteiger partial charge is 0.316 e. The van der Waals surface area contributed by atoms with Crippen LogP contribution in [0.2, 0.25) is 10.0 Å². The Morgan fingerprint density at radius 3 is 2.41 bits per heavy atom. The lowest BCUT2D eigenvalue weighted by Crippen LogP contribution is -2.24. The molecule has 1 amide bonds. The molecule has 0 saturated carbocycles. The summed E-state index contributed by atoms with van der Waals surface area (Å²) in [7, 11) is 0. The fourth-order valence-electron chi connectivity index (χ4n) is 2.26. The van der Waals surface area contributed by atoms with Crippen LogP contribution in [0.3, 0.4) is 0 Å². The number of anilines is 1. The number of halogens is 2. The second-order valence-corrected chi connectivity index (χ2v) is 6.23. The van der Waals surface area contributed by atoms with E-state index in [0.717, 1.165) is 12.3 Å². The molecule has 10 heteroatoms. The standard InChI is InChI=1S/C17H10Cl2N4O4/c18-10-3-1-9(2-4-10)15-20-8-12(17(25)22-15)16(24)21-13-6-5-11(19)7-14(13)23(26)27/h1-8H,(H,21,24)(H,20,22,25). The van der Waals surface area contributed by atoms with Gasteiger partial charge in [-0.3, -0.25) is 19.7 Å². The summed E-state index contributed by atoms with van der Waals surface area (Å²) >= 11 is 11.6. The number of hydrogen-bond donors (Lipinski definition) is 2. The smallest absolute Gasteiger partial charge is 0.294 e. The Labute approximate surface area is 161 Å². The Hall–Kier alpha value is -3.23. The van der Waals surface area contributed by atoms with Crippen molar-refractivity contribution in [3.05, 3.63) is 84.7 Å². The highest BCUT2D eigenvalue weighted by molar-refractivity contribution is 6.31. The summed E-state index contributed by atoms with van der Waals surface area (Å²) in [6.45, 7) is 0. The van der Waals surface area contributed by atoms with Crippen LogP contribution in [0, 0.1) is 10.1 Å². The molecule has 3 aromatic rings. The summed E-state index contributed by atoms with van der Waals surface area (Å²) in [6, 6.07) is 10.4. The quantitative estimate of drug-likeness (QED) is 0.504. The van der Waals surface area contributed by atoms with E-state index >= 15 is 0 Å². The number of nitrogens with one attached hydrogen (secondary N) is 2. The van der Waals surface area contributed by atoms with Gasteiger partial charge in [0.1, 0.15) is 17.1 Å². The molecule has 0 aliphatic rings. The molecule has 2 N–H and O–H groups in total. The van der Waals surface area contributed by atoms with Crippen LogP contribution in [0.25, 0.3) is 11.4 Å². The van der Waals surface area contributed by atoms with Gasteiger partial charge in [-0.1, -0.05) is 23.2 Å². The highest BCUT2D eigenvalue weighted by atomic mass is 35.5. The zero-order valence-corrected chi connectivity index (χ0v) is 14.9. The predicted octanol–water partition coefficient (Wildman–Crippen LogP) is 3.90. The molecule has 2 aromatic carbocycles. The van der Waals surface area contributed by atoms with Crippen LogP contribution >= 0.6 is 23.2 Å². The fraction of sp³-hybridized carbons (Fsp3) is 0. The molecule has 3 rings (SSSR count). The number of nitro benzene ring substituents is 1. The van der Waals surface area contributed by atoms with Crippen molar-refractivity contribution >= 4 is 40.5 Å². The molecule has 0 radical (unpaired) electrons. The molecular formula is C17H10Cl2N4O4. The van der Waals surface area contributed by atoms with E-state index in [1.54, 1.807) is 24.3 Å². The van der Waals surface area contributed by atoms with E-state index in [-0.39, 0.29) is 22.1 Å². The summed E-state index contributed by atoms with van der Waals surface area (Å²) in [5, 5.41) is 14.1. The van der Waals surface area contributed by atoms with E-state index in [0.29, 0.717) is 10.6 Å². The average Bonchev–Trinajstić information content (AvgIpc) is 2.63. The number of carbonyl (C=O) groups excluding carboxylic acids is 1. The van der Waals surface area contributed by atoms with Crippen molar-refractivity contribution in [2.45, 2.75) is 0 Å². The Morgan fingerprint density at radius 1 is 1.11 bits per heavy atom. The molecule has 8 nitrogen and oxygen atoms in total. The second kappa shape index (κ2) is 7.56. The summed E-state index contributed by atoms with van der Waals surface area (Å²) in [5.41, 5.74) is -0.855. The molecule has 0 saturated heterocycles. The molecule has 0 unspecified atom stereocenters. The van der Waals surface area contributed by atoms with Crippen LogP contribution in [0.5, 0.6) is 0 Å². The summed E-state index contributed by atoms with van der Waals surface area (Å²) in [4.78, 5) is 41.6. The third kappa shape index (κ3) is 4.13. The van der Waals surface area contributed by atoms with Gasteiger partial charge in [-0.2, -0.15) is 0 Å². The van der Waals surface area contributed by atoms with Crippen molar-refractivity contribution in [2.24, 2.45) is 0 Å². The monoisotopic (exact) mass is 404 g/mol. The van der Waals surface area contributed by atoms with E-state index in [9.17, 15) is 19.7 Å². The Kier molecular flexibility index (Phi) is 5.20. The normalized spacial score (nSPS) is 10.4. The minimum absolute atomic E-state index is 0.0874. The molecule has 0 aliphatic carbocycles. The second-order valence-electron chi connectivity index (χ2n) is 5.35. The molecule has 0 fully saturated rings. The minimum Gasteiger partial charge on any atom is -0.316 e. The number of H-pyrrole nitrogens is 1. The van der Waals surface area contributed by atoms with Gasteiger partial charge in [0, 0.05) is 27.9 Å². The first kappa shape index (κ1) is 18.6.